The fourth-order valence-electron chi connectivity index (χ4n) is 2.03. The third kappa shape index (κ3) is 2.84. The second kappa shape index (κ2) is 5.62. The Morgan fingerprint density at radius 1 is 1.19 bits per heavy atom. The van der Waals surface area contributed by atoms with Gasteiger partial charge in [-0.1, -0.05) is 6.07 Å². The van der Waals surface area contributed by atoms with Crippen LogP contribution in [0.1, 0.15) is 17.3 Å². The number of Topliss-reactive ketones (excluding diaryl/α,β-unsaturated/α-hetero) is 1. The number of hydrogen-bond donors (Lipinski definition) is 1. The van der Waals surface area contributed by atoms with E-state index in [1.54, 1.807) is 12.1 Å². The van der Waals surface area contributed by atoms with Crippen molar-refractivity contribution in [3.63, 3.8) is 0 Å². The van der Waals surface area contributed by atoms with Gasteiger partial charge in [0.1, 0.15) is 0 Å². The zero-order chi connectivity index (χ0) is 15.6. The fraction of sp³-hybridized carbons (Fsp3) is 0.133. The average Bonchev–Trinajstić information content (AvgIpc) is 2.46. The van der Waals surface area contributed by atoms with Crippen molar-refractivity contribution >= 4 is 11.5 Å². The van der Waals surface area contributed by atoms with Crippen LogP contribution in [0, 0.1) is 10.1 Å². The van der Waals surface area contributed by atoms with Crippen LogP contribution in [-0.4, -0.2) is 22.9 Å². The van der Waals surface area contributed by atoms with Gasteiger partial charge in [-0.3, -0.25) is 14.9 Å². The Kier molecular flexibility index (Phi) is 3.89. The first-order valence-corrected chi connectivity index (χ1v) is 6.10. The summed E-state index contributed by atoms with van der Waals surface area (Å²) in [6.07, 6.45) is 0. The lowest BCUT2D eigenvalue weighted by Crippen LogP contribution is -2.00. The van der Waals surface area contributed by atoms with Gasteiger partial charge in [-0.2, -0.15) is 0 Å². The fourth-order valence-corrected chi connectivity index (χ4v) is 2.03. The Morgan fingerprint density at radius 2 is 1.81 bits per heavy atom. The summed E-state index contributed by atoms with van der Waals surface area (Å²) in [6.45, 7) is 1.28. The monoisotopic (exact) mass is 287 g/mol. The van der Waals surface area contributed by atoms with Gasteiger partial charge in [0.25, 0.3) is 5.69 Å². The molecule has 0 aliphatic heterocycles. The molecule has 0 saturated heterocycles. The maximum Gasteiger partial charge on any atom is 0.280 e. The van der Waals surface area contributed by atoms with Gasteiger partial charge in [-0.25, -0.2) is 0 Å². The molecule has 6 nitrogen and oxygen atoms in total. The number of phenols is 1. The smallest absolute Gasteiger partial charge is 0.280 e. The molecule has 0 aliphatic carbocycles. The van der Waals surface area contributed by atoms with Gasteiger partial charge in [0, 0.05) is 6.07 Å². The standard InChI is InChI=1S/C15H13NO5/c1-9(17)12-7-10(3-5-13(12)16(19)20)11-4-6-15(21-2)14(18)8-11/h3-8,18H,1-2H3. The molecular weight excluding hydrogens is 274 g/mol. The topological polar surface area (TPSA) is 89.7 Å². The van der Waals surface area contributed by atoms with Crippen molar-refractivity contribution in [3.8, 4) is 22.6 Å². The van der Waals surface area contributed by atoms with Crippen LogP contribution < -0.4 is 4.74 Å². The molecule has 108 valence electrons. The van der Waals surface area contributed by atoms with E-state index in [0.29, 0.717) is 16.9 Å². The van der Waals surface area contributed by atoms with Crippen molar-refractivity contribution in [3.05, 3.63) is 52.1 Å². The zero-order valence-corrected chi connectivity index (χ0v) is 11.5. The Hall–Kier alpha value is -2.89. The number of ketones is 1. The summed E-state index contributed by atoms with van der Waals surface area (Å²) in [5.74, 6) is -0.105. The highest BCUT2D eigenvalue weighted by Gasteiger charge is 2.18. The van der Waals surface area contributed by atoms with Gasteiger partial charge in [0.2, 0.25) is 0 Å². The SMILES string of the molecule is COc1ccc(-c2ccc([N+](=O)[O-])c(C(C)=O)c2)cc1O. The molecule has 21 heavy (non-hydrogen) atoms. The number of benzene rings is 2. The molecule has 0 radical (unpaired) electrons. The largest absolute Gasteiger partial charge is 0.504 e. The van der Waals surface area contributed by atoms with Crippen LogP contribution in [0.4, 0.5) is 5.69 Å². The number of rotatable bonds is 4. The molecule has 0 saturated carbocycles. The maximum atomic E-state index is 11.5. The summed E-state index contributed by atoms with van der Waals surface area (Å²) in [7, 11) is 1.44. The van der Waals surface area contributed by atoms with Crippen LogP contribution in [0.15, 0.2) is 36.4 Å². The third-order valence-corrected chi connectivity index (χ3v) is 3.08. The van der Waals surface area contributed by atoms with Crippen LogP contribution in [0.2, 0.25) is 0 Å². The van der Waals surface area contributed by atoms with E-state index in [1.807, 2.05) is 0 Å². The first kappa shape index (κ1) is 14.5. The van der Waals surface area contributed by atoms with Crippen molar-refractivity contribution in [2.45, 2.75) is 6.92 Å². The van der Waals surface area contributed by atoms with Crippen molar-refractivity contribution in [1.29, 1.82) is 0 Å². The van der Waals surface area contributed by atoms with E-state index in [4.69, 9.17) is 4.74 Å². The van der Waals surface area contributed by atoms with Crippen LogP contribution >= 0.6 is 0 Å². The molecule has 0 aromatic heterocycles. The predicted molar refractivity (Wildman–Crippen MR) is 76.8 cm³/mol. The van der Waals surface area contributed by atoms with Crippen LogP contribution in [-0.2, 0) is 0 Å². The van der Waals surface area contributed by atoms with E-state index >= 15 is 0 Å². The molecule has 2 aromatic carbocycles. The number of carbonyl (C=O) groups is 1. The van der Waals surface area contributed by atoms with Crippen LogP contribution in [0.3, 0.4) is 0 Å². The van der Waals surface area contributed by atoms with E-state index in [9.17, 15) is 20.0 Å². The van der Waals surface area contributed by atoms with Crippen LogP contribution in [0.5, 0.6) is 11.5 Å². The number of nitro benzene ring substituents is 1. The molecular formula is C15H13NO5. The summed E-state index contributed by atoms with van der Waals surface area (Å²) < 4.78 is 4.95. The lowest BCUT2D eigenvalue weighted by atomic mass is 10.00. The Morgan fingerprint density at radius 3 is 2.33 bits per heavy atom. The molecule has 0 atom stereocenters. The first-order valence-electron chi connectivity index (χ1n) is 6.10. The molecule has 0 unspecified atom stereocenters. The number of hydrogen-bond acceptors (Lipinski definition) is 5. The normalized spacial score (nSPS) is 10.2. The summed E-state index contributed by atoms with van der Waals surface area (Å²) in [5, 5.41) is 20.7. The average molecular weight is 287 g/mol. The molecule has 6 heteroatoms. The highest BCUT2D eigenvalue weighted by Crippen LogP contribution is 2.33. The Balaban J connectivity index is 2.55. The summed E-state index contributed by atoms with van der Waals surface area (Å²) in [4.78, 5) is 21.9. The van der Waals surface area contributed by atoms with Gasteiger partial charge in [-0.15, -0.1) is 0 Å². The van der Waals surface area contributed by atoms with Gasteiger partial charge in [-0.05, 0) is 42.3 Å². The van der Waals surface area contributed by atoms with E-state index < -0.39 is 4.92 Å². The van der Waals surface area contributed by atoms with Gasteiger partial charge in [0.15, 0.2) is 17.3 Å². The highest BCUT2D eigenvalue weighted by molar-refractivity contribution is 5.99. The Labute approximate surface area is 120 Å². The second-order valence-corrected chi connectivity index (χ2v) is 4.43. The molecule has 0 amide bonds. The highest BCUT2D eigenvalue weighted by atomic mass is 16.6. The number of methoxy groups -OCH3 is 1. The van der Waals surface area contributed by atoms with Gasteiger partial charge >= 0.3 is 0 Å². The molecule has 0 bridgehead atoms. The summed E-state index contributed by atoms with van der Waals surface area (Å²) in [6, 6.07) is 9.02. The number of nitro groups is 1. The number of aromatic hydroxyl groups is 1. The van der Waals surface area contributed by atoms with Crippen molar-refractivity contribution in [2.75, 3.05) is 7.11 Å². The number of phenolic OH excluding ortho intramolecular Hbond substituents is 1. The lowest BCUT2D eigenvalue weighted by Gasteiger charge is -2.08. The molecule has 0 aliphatic rings. The molecule has 0 heterocycles. The summed E-state index contributed by atoms with van der Waals surface area (Å²) in [5.41, 5.74) is 1.03. The molecule has 2 rings (SSSR count). The van der Waals surface area contributed by atoms with Crippen molar-refractivity contribution in [2.24, 2.45) is 0 Å². The zero-order valence-electron chi connectivity index (χ0n) is 11.5. The minimum Gasteiger partial charge on any atom is -0.504 e. The van der Waals surface area contributed by atoms with E-state index in [2.05, 4.69) is 0 Å². The van der Waals surface area contributed by atoms with Crippen LogP contribution in [0.25, 0.3) is 11.1 Å². The third-order valence-electron chi connectivity index (χ3n) is 3.08. The molecule has 0 fully saturated rings. The van der Waals surface area contributed by atoms with Gasteiger partial charge in [0.05, 0.1) is 17.6 Å². The molecule has 2 aromatic rings. The van der Waals surface area contributed by atoms with E-state index in [1.165, 1.54) is 38.3 Å². The van der Waals surface area contributed by atoms with E-state index in [0.717, 1.165) is 0 Å². The predicted octanol–water partition coefficient (Wildman–Crippen LogP) is 3.18. The molecule has 1 N–H and O–H groups in total. The second-order valence-electron chi connectivity index (χ2n) is 4.43. The lowest BCUT2D eigenvalue weighted by molar-refractivity contribution is -0.385. The number of ether oxygens (including phenoxy) is 1. The van der Waals surface area contributed by atoms with Crippen molar-refractivity contribution in [1.82, 2.24) is 0 Å². The van der Waals surface area contributed by atoms with E-state index in [-0.39, 0.29) is 22.8 Å². The minimum absolute atomic E-state index is 0.0350. The first-order chi connectivity index (χ1) is 9.93. The van der Waals surface area contributed by atoms with Crippen molar-refractivity contribution < 1.29 is 19.6 Å². The van der Waals surface area contributed by atoms with Gasteiger partial charge < -0.3 is 9.84 Å². The minimum atomic E-state index is -0.591. The quantitative estimate of drug-likeness (QED) is 0.530. The Bertz CT molecular complexity index is 724. The summed E-state index contributed by atoms with van der Waals surface area (Å²) >= 11 is 0. The number of carbonyl (C=O) groups excluding carboxylic acids is 1. The maximum absolute atomic E-state index is 11.5. The molecule has 0 spiro atoms. The number of nitrogens with zero attached hydrogens (tertiary/aromatic N) is 1.